The van der Waals surface area contributed by atoms with Gasteiger partial charge in [-0.05, 0) is 36.6 Å². The van der Waals surface area contributed by atoms with Crippen molar-refractivity contribution in [2.75, 3.05) is 0 Å². The van der Waals surface area contributed by atoms with Crippen LogP contribution in [0.4, 0.5) is 0 Å². The normalized spacial score (nSPS) is 12.5. The lowest BCUT2D eigenvalue weighted by molar-refractivity contribution is -0.141. The first kappa shape index (κ1) is 15.9. The monoisotopic (exact) mass is 328 g/mol. The number of aliphatic carboxylic acids is 1. The van der Waals surface area contributed by atoms with Gasteiger partial charge in [0.1, 0.15) is 16.7 Å². The van der Waals surface area contributed by atoms with E-state index in [0.29, 0.717) is 18.4 Å². The molecule has 0 saturated carbocycles. The third-order valence-corrected chi connectivity index (χ3v) is 4.17. The molecule has 0 saturated heterocycles. The van der Waals surface area contributed by atoms with Gasteiger partial charge in [-0.2, -0.15) is 0 Å². The van der Waals surface area contributed by atoms with Gasteiger partial charge in [-0.25, -0.2) is 0 Å². The van der Waals surface area contributed by atoms with Crippen LogP contribution in [-0.4, -0.2) is 21.3 Å². The van der Waals surface area contributed by atoms with Crippen LogP contribution in [0.5, 0.6) is 11.5 Å². The van der Waals surface area contributed by atoms with Crippen LogP contribution in [0.25, 0.3) is 21.9 Å². The minimum absolute atomic E-state index is 0.0404. The van der Waals surface area contributed by atoms with Crippen LogP contribution in [0, 0.1) is 5.92 Å². The van der Waals surface area contributed by atoms with Crippen molar-refractivity contribution in [3.8, 4) is 11.5 Å². The molecule has 2 aromatic carbocycles. The molecule has 0 aliphatic carbocycles. The summed E-state index contributed by atoms with van der Waals surface area (Å²) in [6.07, 6.45) is 0.698. The highest BCUT2D eigenvalue weighted by Crippen LogP contribution is 2.32. The predicted molar refractivity (Wildman–Crippen MR) is 88.4 cm³/mol. The minimum Gasteiger partial charge on any atom is -0.507 e. The second-order valence-corrected chi connectivity index (χ2v) is 5.81. The van der Waals surface area contributed by atoms with Crippen LogP contribution >= 0.6 is 0 Å². The maximum atomic E-state index is 12.5. The van der Waals surface area contributed by atoms with E-state index in [0.717, 1.165) is 0 Å². The third kappa shape index (κ3) is 2.56. The molecule has 6 heteroatoms. The topological polar surface area (TPSA) is 108 Å². The Morgan fingerprint density at radius 1 is 1.21 bits per heavy atom. The van der Waals surface area contributed by atoms with E-state index in [1.807, 2.05) is 0 Å². The van der Waals surface area contributed by atoms with E-state index in [-0.39, 0.29) is 33.4 Å². The number of carboxylic acids is 1. The van der Waals surface area contributed by atoms with Crippen molar-refractivity contribution in [1.82, 2.24) is 0 Å². The Balaban J connectivity index is 2.14. The molecule has 0 radical (unpaired) electrons. The molecule has 0 aliphatic heterocycles. The highest BCUT2D eigenvalue weighted by atomic mass is 16.4. The van der Waals surface area contributed by atoms with E-state index in [4.69, 9.17) is 9.52 Å². The van der Waals surface area contributed by atoms with Gasteiger partial charge >= 0.3 is 5.97 Å². The lowest BCUT2D eigenvalue weighted by Crippen LogP contribution is -2.10. The summed E-state index contributed by atoms with van der Waals surface area (Å²) in [5.74, 6) is -1.79. The van der Waals surface area contributed by atoms with Crippen molar-refractivity contribution >= 4 is 27.9 Å². The van der Waals surface area contributed by atoms with Crippen molar-refractivity contribution in [1.29, 1.82) is 0 Å². The van der Waals surface area contributed by atoms with Crippen LogP contribution in [0.2, 0.25) is 0 Å². The van der Waals surface area contributed by atoms with Gasteiger partial charge < -0.3 is 19.7 Å². The van der Waals surface area contributed by atoms with Crippen LogP contribution in [0.15, 0.2) is 39.5 Å². The summed E-state index contributed by atoms with van der Waals surface area (Å²) in [6.45, 7) is 1.59. The summed E-state index contributed by atoms with van der Waals surface area (Å²) in [4.78, 5) is 23.4. The molecular formula is C18H16O6. The molecule has 1 atom stereocenters. The Bertz CT molecular complexity index is 1000. The molecular weight excluding hydrogens is 312 g/mol. The Morgan fingerprint density at radius 3 is 2.67 bits per heavy atom. The van der Waals surface area contributed by atoms with Gasteiger partial charge in [-0.3, -0.25) is 9.59 Å². The van der Waals surface area contributed by atoms with Gasteiger partial charge in [0.05, 0.1) is 11.3 Å². The molecule has 3 N–H and O–H groups in total. The van der Waals surface area contributed by atoms with Gasteiger partial charge in [0.15, 0.2) is 11.3 Å². The van der Waals surface area contributed by atoms with E-state index in [1.54, 1.807) is 19.1 Å². The van der Waals surface area contributed by atoms with Crippen LogP contribution in [0.3, 0.4) is 0 Å². The Hall–Kier alpha value is -3.02. The van der Waals surface area contributed by atoms with Gasteiger partial charge in [-0.15, -0.1) is 0 Å². The molecule has 0 bridgehead atoms. The molecule has 0 aliphatic rings. The van der Waals surface area contributed by atoms with E-state index >= 15 is 0 Å². The SMILES string of the molecule is C[C@@H](CCc1ccc2c(=O)c3c(O)cccc3oc2c1O)C(=O)O. The van der Waals surface area contributed by atoms with Gasteiger partial charge in [0, 0.05) is 0 Å². The number of aryl methyl sites for hydroxylation is 1. The highest BCUT2D eigenvalue weighted by molar-refractivity contribution is 5.95. The summed E-state index contributed by atoms with van der Waals surface area (Å²) in [5.41, 5.74) is 0.306. The average molecular weight is 328 g/mol. The largest absolute Gasteiger partial charge is 0.507 e. The zero-order chi connectivity index (χ0) is 17.4. The van der Waals surface area contributed by atoms with Crippen molar-refractivity contribution < 1.29 is 24.5 Å². The number of fused-ring (bicyclic) bond motifs is 2. The van der Waals surface area contributed by atoms with Crippen LogP contribution in [-0.2, 0) is 11.2 Å². The lowest BCUT2D eigenvalue weighted by atomic mass is 9.99. The number of aromatic hydroxyl groups is 2. The quantitative estimate of drug-likeness (QED) is 0.635. The molecule has 3 aromatic rings. The number of carboxylic acid groups (broad SMARTS) is 1. The molecule has 1 heterocycles. The smallest absolute Gasteiger partial charge is 0.306 e. The van der Waals surface area contributed by atoms with Crippen LogP contribution < -0.4 is 5.43 Å². The number of rotatable bonds is 4. The van der Waals surface area contributed by atoms with Crippen molar-refractivity contribution in [3.63, 3.8) is 0 Å². The summed E-state index contributed by atoms with van der Waals surface area (Å²) in [6, 6.07) is 7.57. The number of carbonyl (C=O) groups is 1. The maximum Gasteiger partial charge on any atom is 0.306 e. The van der Waals surface area contributed by atoms with E-state index in [9.17, 15) is 19.8 Å². The summed E-state index contributed by atoms with van der Waals surface area (Å²) >= 11 is 0. The first-order valence-corrected chi connectivity index (χ1v) is 7.52. The number of phenolic OH excluding ortho intramolecular Hbond substituents is 2. The molecule has 124 valence electrons. The zero-order valence-corrected chi connectivity index (χ0v) is 12.9. The van der Waals surface area contributed by atoms with Crippen molar-refractivity contribution in [3.05, 3.63) is 46.1 Å². The molecule has 1 aromatic heterocycles. The molecule has 24 heavy (non-hydrogen) atoms. The van der Waals surface area contributed by atoms with Crippen LogP contribution in [0.1, 0.15) is 18.9 Å². The number of hydrogen-bond donors (Lipinski definition) is 3. The second-order valence-electron chi connectivity index (χ2n) is 5.81. The van der Waals surface area contributed by atoms with Gasteiger partial charge in [0.2, 0.25) is 5.43 Å². The summed E-state index contributed by atoms with van der Waals surface area (Å²) < 4.78 is 5.61. The molecule has 6 nitrogen and oxygen atoms in total. The summed E-state index contributed by atoms with van der Waals surface area (Å²) in [5, 5.41) is 29.4. The van der Waals surface area contributed by atoms with Gasteiger partial charge in [0.25, 0.3) is 0 Å². The first-order chi connectivity index (χ1) is 11.4. The summed E-state index contributed by atoms with van der Waals surface area (Å²) in [7, 11) is 0. The molecule has 0 spiro atoms. The zero-order valence-electron chi connectivity index (χ0n) is 12.9. The highest BCUT2D eigenvalue weighted by Gasteiger charge is 2.17. The fourth-order valence-corrected chi connectivity index (χ4v) is 2.67. The average Bonchev–Trinajstić information content (AvgIpc) is 2.54. The van der Waals surface area contributed by atoms with Crippen molar-refractivity contribution in [2.45, 2.75) is 19.8 Å². The first-order valence-electron chi connectivity index (χ1n) is 7.52. The third-order valence-electron chi connectivity index (χ3n) is 4.17. The van der Waals surface area contributed by atoms with Gasteiger partial charge in [-0.1, -0.05) is 19.1 Å². The molecule has 0 fully saturated rings. The Morgan fingerprint density at radius 2 is 1.96 bits per heavy atom. The number of benzene rings is 2. The fraction of sp³-hybridized carbons (Fsp3) is 0.222. The second kappa shape index (κ2) is 5.88. The van der Waals surface area contributed by atoms with E-state index < -0.39 is 17.3 Å². The molecule has 0 amide bonds. The minimum atomic E-state index is -0.900. The molecule has 3 rings (SSSR count). The lowest BCUT2D eigenvalue weighted by Gasteiger charge is -2.10. The van der Waals surface area contributed by atoms with E-state index in [1.165, 1.54) is 18.2 Å². The Kier molecular flexibility index (Phi) is 3.89. The maximum absolute atomic E-state index is 12.5. The number of phenols is 2. The fourth-order valence-electron chi connectivity index (χ4n) is 2.67. The number of hydrogen-bond acceptors (Lipinski definition) is 5. The molecule has 0 unspecified atom stereocenters. The van der Waals surface area contributed by atoms with E-state index in [2.05, 4.69) is 0 Å². The Labute approximate surface area is 136 Å². The van der Waals surface area contributed by atoms with Crippen molar-refractivity contribution in [2.24, 2.45) is 5.92 Å². The standard InChI is InChI=1S/C18H16O6/c1-9(18(22)23)5-6-10-7-8-11-16(21)14-12(19)3-2-4-13(14)24-17(11)15(10)20/h2-4,7-9,19-20H,5-6H2,1H3,(H,22,23)/t9-/m0/s1. The predicted octanol–water partition coefficient (Wildman–Crippen LogP) is 3.01.